The Morgan fingerprint density at radius 1 is 1.02 bits per heavy atom. The first-order chi connectivity index (χ1) is 22.0. The zero-order valence-corrected chi connectivity index (χ0v) is 27.7. The number of aryl methyl sites for hydroxylation is 1. The van der Waals surface area contributed by atoms with Crippen LogP contribution in [0.25, 0.3) is 17.2 Å². The molecule has 3 aliphatic carbocycles. The summed E-state index contributed by atoms with van der Waals surface area (Å²) >= 11 is 0. The van der Waals surface area contributed by atoms with Crippen LogP contribution in [-0.4, -0.2) is 40.4 Å². The number of H-pyrrole nitrogens is 1. The van der Waals surface area contributed by atoms with E-state index in [0.717, 1.165) is 72.0 Å². The van der Waals surface area contributed by atoms with E-state index in [9.17, 15) is 14.4 Å². The topological polar surface area (TPSA) is 109 Å². The predicted molar refractivity (Wildman–Crippen MR) is 183 cm³/mol. The van der Waals surface area contributed by atoms with Crippen LogP contribution in [0.5, 0.6) is 0 Å². The van der Waals surface area contributed by atoms with Crippen molar-refractivity contribution in [3.05, 3.63) is 92.7 Å². The average Bonchev–Trinajstić information content (AvgIpc) is 3.65. The van der Waals surface area contributed by atoms with Crippen molar-refractivity contribution in [2.24, 2.45) is 11.3 Å². The maximum absolute atomic E-state index is 13.8. The number of Topliss-reactive ketones (excluding diaryl/α,β-unsaturated/α-hetero) is 2. The lowest BCUT2D eigenvalue weighted by Gasteiger charge is -2.34. The molecule has 1 fully saturated rings. The van der Waals surface area contributed by atoms with Gasteiger partial charge in [-0.2, -0.15) is 0 Å². The monoisotopic (exact) mass is 621 g/mol. The van der Waals surface area contributed by atoms with E-state index >= 15 is 0 Å². The van der Waals surface area contributed by atoms with Gasteiger partial charge in [-0.15, -0.1) is 0 Å². The minimum absolute atomic E-state index is 0.0556. The summed E-state index contributed by atoms with van der Waals surface area (Å²) in [5, 5.41) is 3.57. The van der Waals surface area contributed by atoms with Crippen molar-refractivity contribution in [3.63, 3.8) is 0 Å². The van der Waals surface area contributed by atoms with Crippen molar-refractivity contribution >= 4 is 23.9 Å². The van der Waals surface area contributed by atoms with Crippen LogP contribution in [0.4, 0.5) is 0 Å². The number of hydrogen-bond acceptors (Lipinski definition) is 6. The Bertz CT molecular complexity index is 1640. The molecule has 1 saturated carbocycles. The maximum atomic E-state index is 13.8. The molecule has 0 aliphatic heterocycles. The minimum Gasteiger partial charge on any atom is -0.328 e. The molecule has 2 aromatic heterocycles. The van der Waals surface area contributed by atoms with E-state index in [1.807, 2.05) is 6.07 Å². The number of ketones is 2. The van der Waals surface area contributed by atoms with Gasteiger partial charge in [0.05, 0.1) is 5.69 Å². The number of hydrogen-bond donors (Lipinski definition) is 2. The van der Waals surface area contributed by atoms with Gasteiger partial charge in [0.1, 0.15) is 12.1 Å². The molecule has 7 nitrogen and oxygen atoms in total. The minimum atomic E-state index is -0.122. The number of rotatable bonds is 9. The van der Waals surface area contributed by atoms with Crippen LogP contribution in [0.2, 0.25) is 0 Å². The van der Waals surface area contributed by atoms with Crippen LogP contribution < -0.4 is 10.9 Å². The lowest BCUT2D eigenvalue weighted by molar-refractivity contribution is -0.117. The molecule has 2 heterocycles. The fourth-order valence-corrected chi connectivity index (χ4v) is 7.06. The molecule has 0 spiro atoms. The summed E-state index contributed by atoms with van der Waals surface area (Å²) in [5.74, 6) is 1.23. The number of aldehydes is 1. The predicted octanol–water partition coefficient (Wildman–Crippen LogP) is 6.58. The number of carbonyl (C=O) groups is 3. The molecule has 1 unspecified atom stereocenters. The zero-order chi connectivity index (χ0) is 32.8. The van der Waals surface area contributed by atoms with E-state index in [0.29, 0.717) is 37.4 Å². The highest BCUT2D eigenvalue weighted by molar-refractivity contribution is 6.02. The lowest BCUT2D eigenvalue weighted by Crippen LogP contribution is -2.28. The molecule has 242 valence electrons. The number of benzene rings is 1. The first-order valence-corrected chi connectivity index (χ1v) is 16.7. The number of allylic oxidation sites excluding steroid dienone is 1. The molecule has 3 aliphatic rings. The molecule has 3 atom stereocenters. The second-order valence-corrected chi connectivity index (χ2v) is 14.1. The molecule has 1 aromatic carbocycles. The van der Waals surface area contributed by atoms with Gasteiger partial charge in [0.15, 0.2) is 5.78 Å². The first-order valence-electron chi connectivity index (χ1n) is 16.7. The molecule has 0 radical (unpaired) electrons. The number of aromatic nitrogens is 2. The Morgan fingerprint density at radius 3 is 2.41 bits per heavy atom. The molecule has 7 heteroatoms. The molecule has 0 saturated heterocycles. The number of nitrogens with one attached hydrogen (secondary N) is 2. The Kier molecular flexibility index (Phi) is 10.6. The summed E-state index contributed by atoms with van der Waals surface area (Å²) in [6.07, 6.45) is 11.9. The molecular formula is C39H47N3O4. The quantitative estimate of drug-likeness (QED) is 0.262. The molecule has 2 N–H and O–H groups in total. The SMILES string of the molecule is CC(C)(C)[C@H]1CCc2nc3c(cc2C1)C=C(C(=O)C[C@H](CCNC1CCC(=O)C1)c1ccc(-c2ccc(=O)[nH]c2)cc1)C3.CC=O. The summed E-state index contributed by atoms with van der Waals surface area (Å²) in [6, 6.07) is 14.2. The summed E-state index contributed by atoms with van der Waals surface area (Å²) in [4.78, 5) is 53.6. The second-order valence-electron chi connectivity index (χ2n) is 14.1. The second kappa shape index (κ2) is 14.6. The average molecular weight is 622 g/mol. The third-order valence-corrected chi connectivity index (χ3v) is 9.87. The Morgan fingerprint density at radius 2 is 1.76 bits per heavy atom. The summed E-state index contributed by atoms with van der Waals surface area (Å²) < 4.78 is 0. The number of fused-ring (bicyclic) bond motifs is 2. The smallest absolute Gasteiger partial charge is 0.247 e. The molecule has 0 bridgehead atoms. The van der Waals surface area contributed by atoms with E-state index < -0.39 is 0 Å². The Hall–Kier alpha value is -3.97. The van der Waals surface area contributed by atoms with Gasteiger partial charge in [0, 0.05) is 55.3 Å². The van der Waals surface area contributed by atoms with Crippen molar-refractivity contribution in [1.29, 1.82) is 0 Å². The van der Waals surface area contributed by atoms with Gasteiger partial charge in [0.2, 0.25) is 5.56 Å². The maximum Gasteiger partial charge on any atom is 0.247 e. The van der Waals surface area contributed by atoms with Gasteiger partial charge in [-0.05, 0) is 109 Å². The van der Waals surface area contributed by atoms with E-state index in [1.54, 1.807) is 6.20 Å². The molecule has 3 aromatic rings. The van der Waals surface area contributed by atoms with Crippen molar-refractivity contribution in [2.75, 3.05) is 6.54 Å². The molecule has 46 heavy (non-hydrogen) atoms. The molecule has 0 amide bonds. The van der Waals surface area contributed by atoms with Crippen LogP contribution in [-0.2, 0) is 33.6 Å². The normalized spacial score (nSPS) is 19.4. The van der Waals surface area contributed by atoms with Crippen LogP contribution in [0.3, 0.4) is 0 Å². The summed E-state index contributed by atoms with van der Waals surface area (Å²) in [7, 11) is 0. The van der Waals surface area contributed by atoms with Crippen LogP contribution in [0.15, 0.2) is 59.0 Å². The summed E-state index contributed by atoms with van der Waals surface area (Å²) in [5.41, 5.74) is 8.85. The largest absolute Gasteiger partial charge is 0.328 e. The van der Waals surface area contributed by atoms with Crippen molar-refractivity contribution in [3.8, 4) is 11.1 Å². The van der Waals surface area contributed by atoms with Crippen LogP contribution in [0, 0.1) is 11.3 Å². The molecular weight excluding hydrogens is 574 g/mol. The number of nitrogens with zero attached hydrogens (tertiary/aromatic N) is 1. The highest BCUT2D eigenvalue weighted by Gasteiger charge is 2.31. The van der Waals surface area contributed by atoms with Crippen molar-refractivity contribution in [2.45, 2.75) is 97.4 Å². The zero-order valence-electron chi connectivity index (χ0n) is 27.7. The molecule has 6 rings (SSSR count). The highest BCUT2D eigenvalue weighted by atomic mass is 16.1. The Balaban J connectivity index is 0.00000134. The summed E-state index contributed by atoms with van der Waals surface area (Å²) in [6.45, 7) is 9.20. The van der Waals surface area contributed by atoms with Gasteiger partial charge in [0.25, 0.3) is 0 Å². The number of aromatic amines is 1. The van der Waals surface area contributed by atoms with Gasteiger partial charge >= 0.3 is 0 Å². The van der Waals surface area contributed by atoms with E-state index in [1.165, 1.54) is 30.7 Å². The standard InChI is InChI=1S/C37H43N3O3.C2H4O/c1-37(2,3)30-9-12-33-28(18-30)16-27-17-29(19-34(27)40-33)35(42)20-25(14-15-38-31-10-11-32(41)21-31)23-4-6-24(7-5-23)26-8-13-36(43)39-22-26;1-2-3/h4-8,13,16-17,22,25,30-31,38H,9-12,14-15,18-21H2,1-3H3,(H,39,43);2H,1H3/t25-,30-,31?;/m0./s1. The van der Waals surface area contributed by atoms with Crippen molar-refractivity contribution in [1.82, 2.24) is 15.3 Å². The van der Waals surface area contributed by atoms with Gasteiger partial charge in [-0.1, -0.05) is 45.0 Å². The van der Waals surface area contributed by atoms with Crippen molar-refractivity contribution < 1.29 is 14.4 Å². The van der Waals surface area contributed by atoms with E-state index in [-0.39, 0.29) is 28.7 Å². The fourth-order valence-electron chi connectivity index (χ4n) is 7.06. The number of pyridine rings is 2. The van der Waals surface area contributed by atoms with Gasteiger partial charge in [-0.3, -0.25) is 19.4 Å². The number of carbonyl (C=O) groups excluding carboxylic acids is 3. The Labute approximate surface area is 272 Å². The first kappa shape index (κ1) is 33.4. The van der Waals surface area contributed by atoms with Crippen LogP contribution >= 0.6 is 0 Å². The van der Waals surface area contributed by atoms with E-state index in [4.69, 9.17) is 9.78 Å². The fraction of sp³-hybridized carbons (Fsp3) is 0.462. The lowest BCUT2D eigenvalue weighted by atomic mass is 9.71. The van der Waals surface area contributed by atoms with E-state index in [2.05, 4.69) is 67.5 Å². The van der Waals surface area contributed by atoms with Gasteiger partial charge in [-0.25, -0.2) is 0 Å². The third kappa shape index (κ3) is 8.24. The highest BCUT2D eigenvalue weighted by Crippen LogP contribution is 2.39. The van der Waals surface area contributed by atoms with Gasteiger partial charge < -0.3 is 15.1 Å². The van der Waals surface area contributed by atoms with Crippen LogP contribution in [0.1, 0.15) is 100 Å². The third-order valence-electron chi connectivity index (χ3n) is 9.87.